The molecule has 2 heterocycles. The van der Waals surface area contributed by atoms with Crippen LogP contribution >= 0.6 is 11.6 Å². The summed E-state index contributed by atoms with van der Waals surface area (Å²) in [7, 11) is 0. The molecule has 0 aliphatic carbocycles. The van der Waals surface area contributed by atoms with E-state index >= 15 is 0 Å². The Hall–Kier alpha value is -2.47. The van der Waals surface area contributed by atoms with Gasteiger partial charge in [0.1, 0.15) is 0 Å². The molecule has 6 heteroatoms. The summed E-state index contributed by atoms with van der Waals surface area (Å²) in [6, 6.07) is 15.6. The molecule has 0 saturated carbocycles. The lowest BCUT2D eigenvalue weighted by Gasteiger charge is -2.34. The monoisotopic (exact) mass is 394 g/mol. The van der Waals surface area contributed by atoms with E-state index in [0.29, 0.717) is 22.6 Å². The van der Waals surface area contributed by atoms with E-state index in [1.807, 2.05) is 6.07 Å². The van der Waals surface area contributed by atoms with Gasteiger partial charge in [-0.2, -0.15) is 0 Å². The predicted molar refractivity (Wildman–Crippen MR) is 115 cm³/mol. The lowest BCUT2D eigenvalue weighted by molar-refractivity contribution is 0.114. The molecule has 4 rings (SSSR count). The molecule has 1 aliphatic heterocycles. The van der Waals surface area contributed by atoms with Gasteiger partial charge in [-0.3, -0.25) is 19.2 Å². The molecule has 0 radical (unpaired) electrons. The number of nitrogens with zero attached hydrogens (tertiary/aromatic N) is 4. The van der Waals surface area contributed by atoms with Crippen molar-refractivity contribution in [1.29, 1.82) is 0 Å². The highest BCUT2D eigenvalue weighted by Crippen LogP contribution is 2.14. The Labute approximate surface area is 169 Å². The summed E-state index contributed by atoms with van der Waals surface area (Å²) in [5.74, 6) is 0. The van der Waals surface area contributed by atoms with Gasteiger partial charge in [-0.1, -0.05) is 54.1 Å². The highest BCUT2D eigenvalue weighted by atomic mass is 35.5. The zero-order chi connectivity index (χ0) is 19.3. The third-order valence-electron chi connectivity index (χ3n) is 5.08. The van der Waals surface area contributed by atoms with Gasteiger partial charge < -0.3 is 0 Å². The smallest absolute Gasteiger partial charge is 0.262 e. The van der Waals surface area contributed by atoms with Crippen molar-refractivity contribution in [2.24, 2.45) is 0 Å². The fraction of sp³-hybridized carbons (Fsp3) is 0.273. The lowest BCUT2D eigenvalue weighted by atomic mass is 10.2. The van der Waals surface area contributed by atoms with E-state index in [9.17, 15) is 4.79 Å². The summed E-state index contributed by atoms with van der Waals surface area (Å²) < 4.78 is 1.67. The van der Waals surface area contributed by atoms with Gasteiger partial charge in [0.25, 0.3) is 5.56 Å². The van der Waals surface area contributed by atoms with Crippen molar-refractivity contribution in [3.63, 3.8) is 0 Å². The minimum atomic E-state index is -0.0410. The SMILES string of the molecule is O=c1c2cc(Cl)ccc2ncn1CN1CCN(C/C=C/c2ccccc2)CC1. The molecule has 144 valence electrons. The Bertz CT molecular complexity index is 1020. The first-order valence-corrected chi connectivity index (χ1v) is 9.88. The van der Waals surface area contributed by atoms with Gasteiger partial charge in [-0.15, -0.1) is 0 Å². The molecule has 1 saturated heterocycles. The van der Waals surface area contributed by atoms with Crippen LogP contribution in [0.4, 0.5) is 0 Å². The van der Waals surface area contributed by atoms with Crippen molar-refractivity contribution in [3.8, 4) is 0 Å². The third-order valence-corrected chi connectivity index (χ3v) is 5.31. The van der Waals surface area contributed by atoms with Crippen LogP contribution in [0.15, 0.2) is 65.7 Å². The quantitative estimate of drug-likeness (QED) is 0.665. The van der Waals surface area contributed by atoms with E-state index in [-0.39, 0.29) is 5.56 Å². The standard InChI is InChI=1S/C22H23ClN4O/c23-19-8-9-21-20(15-19)22(28)27(16-24-21)17-26-13-11-25(12-14-26)10-4-7-18-5-2-1-3-6-18/h1-9,15-16H,10-14,17H2/b7-4+. The van der Waals surface area contributed by atoms with Crippen molar-refractivity contribution >= 4 is 28.6 Å². The van der Waals surface area contributed by atoms with E-state index in [0.717, 1.165) is 32.7 Å². The molecule has 0 spiro atoms. The van der Waals surface area contributed by atoms with Crippen molar-refractivity contribution < 1.29 is 0 Å². The van der Waals surface area contributed by atoms with E-state index in [4.69, 9.17) is 11.6 Å². The zero-order valence-electron chi connectivity index (χ0n) is 15.7. The third kappa shape index (κ3) is 4.50. The first-order chi connectivity index (χ1) is 13.7. The van der Waals surface area contributed by atoms with Crippen LogP contribution in [0.5, 0.6) is 0 Å². The molecule has 0 bridgehead atoms. The maximum absolute atomic E-state index is 12.7. The predicted octanol–water partition coefficient (Wildman–Crippen LogP) is 3.34. The molecule has 0 atom stereocenters. The number of aromatic nitrogens is 2. The van der Waals surface area contributed by atoms with Crippen LogP contribution in [0.25, 0.3) is 17.0 Å². The first kappa shape index (κ1) is 18.9. The maximum atomic E-state index is 12.7. The van der Waals surface area contributed by atoms with Crippen LogP contribution in [0, 0.1) is 0 Å². The van der Waals surface area contributed by atoms with Gasteiger partial charge in [0.05, 0.1) is 23.9 Å². The second kappa shape index (κ2) is 8.69. The van der Waals surface area contributed by atoms with Crippen LogP contribution in [-0.4, -0.2) is 52.1 Å². The highest BCUT2D eigenvalue weighted by Gasteiger charge is 2.17. The molecular weight excluding hydrogens is 372 g/mol. The molecule has 28 heavy (non-hydrogen) atoms. The Kier molecular flexibility index (Phi) is 5.86. The van der Waals surface area contributed by atoms with Crippen LogP contribution in [0.1, 0.15) is 5.56 Å². The van der Waals surface area contributed by atoms with Crippen LogP contribution in [0.3, 0.4) is 0 Å². The summed E-state index contributed by atoms with van der Waals surface area (Å²) in [5, 5.41) is 1.13. The van der Waals surface area contributed by atoms with Crippen LogP contribution in [-0.2, 0) is 6.67 Å². The number of piperazine rings is 1. The van der Waals surface area contributed by atoms with E-state index in [1.54, 1.807) is 29.1 Å². The van der Waals surface area contributed by atoms with Gasteiger partial charge in [-0.05, 0) is 23.8 Å². The molecular formula is C22H23ClN4O. The van der Waals surface area contributed by atoms with Crippen LogP contribution < -0.4 is 5.56 Å². The Morgan fingerprint density at radius 1 is 1.00 bits per heavy atom. The fourth-order valence-electron chi connectivity index (χ4n) is 3.46. The minimum absolute atomic E-state index is 0.0410. The molecule has 5 nitrogen and oxygen atoms in total. The van der Waals surface area contributed by atoms with E-state index in [2.05, 4.69) is 51.2 Å². The van der Waals surface area contributed by atoms with Crippen molar-refractivity contribution in [2.45, 2.75) is 6.67 Å². The van der Waals surface area contributed by atoms with Crippen molar-refractivity contribution in [3.05, 3.63) is 81.9 Å². The van der Waals surface area contributed by atoms with Gasteiger partial charge in [-0.25, -0.2) is 4.98 Å². The minimum Gasteiger partial charge on any atom is -0.297 e. The summed E-state index contributed by atoms with van der Waals surface area (Å²) in [5.41, 5.74) is 1.87. The Morgan fingerprint density at radius 3 is 2.54 bits per heavy atom. The number of hydrogen-bond donors (Lipinski definition) is 0. The largest absolute Gasteiger partial charge is 0.297 e. The van der Waals surface area contributed by atoms with Gasteiger partial charge in [0.2, 0.25) is 0 Å². The lowest BCUT2D eigenvalue weighted by Crippen LogP contribution is -2.47. The molecule has 0 amide bonds. The average molecular weight is 395 g/mol. The number of hydrogen-bond acceptors (Lipinski definition) is 4. The van der Waals surface area contributed by atoms with Crippen molar-refractivity contribution in [2.75, 3.05) is 32.7 Å². The summed E-state index contributed by atoms with van der Waals surface area (Å²) in [6.45, 7) is 5.33. The molecule has 1 fully saturated rings. The number of fused-ring (bicyclic) bond motifs is 1. The second-order valence-electron chi connectivity index (χ2n) is 7.05. The first-order valence-electron chi connectivity index (χ1n) is 9.50. The van der Waals surface area contributed by atoms with Crippen LogP contribution in [0.2, 0.25) is 5.02 Å². The summed E-state index contributed by atoms with van der Waals surface area (Å²) in [6.07, 6.45) is 6.01. The topological polar surface area (TPSA) is 41.4 Å². The maximum Gasteiger partial charge on any atom is 0.262 e. The fourth-order valence-corrected chi connectivity index (χ4v) is 3.63. The molecule has 1 aliphatic rings. The zero-order valence-corrected chi connectivity index (χ0v) is 16.4. The molecule has 0 unspecified atom stereocenters. The summed E-state index contributed by atoms with van der Waals surface area (Å²) in [4.78, 5) is 21.8. The second-order valence-corrected chi connectivity index (χ2v) is 7.49. The number of benzene rings is 2. The molecule has 1 aromatic heterocycles. The van der Waals surface area contributed by atoms with Gasteiger partial charge in [0, 0.05) is 37.7 Å². The number of rotatable bonds is 5. The van der Waals surface area contributed by atoms with Gasteiger partial charge in [0.15, 0.2) is 0 Å². The Morgan fingerprint density at radius 2 is 1.75 bits per heavy atom. The van der Waals surface area contributed by atoms with Crippen molar-refractivity contribution in [1.82, 2.24) is 19.4 Å². The van der Waals surface area contributed by atoms with E-state index < -0.39 is 0 Å². The van der Waals surface area contributed by atoms with Gasteiger partial charge >= 0.3 is 0 Å². The average Bonchev–Trinajstić information content (AvgIpc) is 2.72. The highest BCUT2D eigenvalue weighted by molar-refractivity contribution is 6.31. The van der Waals surface area contributed by atoms with E-state index in [1.165, 1.54) is 5.56 Å². The molecule has 0 N–H and O–H groups in total. The molecule has 2 aromatic carbocycles. The molecule has 3 aromatic rings. The normalized spacial score (nSPS) is 16.2. The summed E-state index contributed by atoms with van der Waals surface area (Å²) >= 11 is 6.03. The Balaban J connectivity index is 1.33. The number of halogens is 1.